The van der Waals surface area contributed by atoms with Gasteiger partial charge >= 0.3 is 0 Å². The number of rotatable bonds is 0. The van der Waals surface area contributed by atoms with Gasteiger partial charge in [0.2, 0.25) is 0 Å². The first-order valence-electron chi connectivity index (χ1n) is 3.45. The van der Waals surface area contributed by atoms with Crippen LogP contribution < -0.4 is 5.14 Å². The Labute approximate surface area is 74.3 Å². The molecule has 0 atom stereocenters. The van der Waals surface area contributed by atoms with Crippen molar-refractivity contribution in [3.8, 4) is 0 Å². The Bertz CT molecular complexity index is 279. The number of aryl methyl sites for hydroxylation is 2. The lowest BCUT2D eigenvalue weighted by Crippen LogP contribution is -1.85. The molecule has 2 N–H and O–H groups in total. The Balaban J connectivity index is 0.000000261. The Kier molecular flexibility index (Phi) is 5.32. The molecule has 4 heteroatoms. The lowest BCUT2D eigenvalue weighted by atomic mass is 10.1. The molecular weight excluding hydrogens is 174 g/mol. The second kappa shape index (κ2) is 5.74. The smallest absolute Gasteiger partial charge is 0.198 e. The van der Waals surface area contributed by atoms with Gasteiger partial charge in [-0.15, -0.1) is 0 Å². The van der Waals surface area contributed by atoms with Crippen molar-refractivity contribution in [2.45, 2.75) is 13.8 Å². The number of nitrogens with two attached hydrogens (primary N) is 1. The summed E-state index contributed by atoms with van der Waals surface area (Å²) in [6.45, 7) is 4.24. The maximum Gasteiger partial charge on any atom is 0.198 e. The SMILES string of the molecule is Cc1ccccc1C.N[SH](=O)=O. The average molecular weight is 187 g/mol. The highest BCUT2D eigenvalue weighted by molar-refractivity contribution is 7.69. The monoisotopic (exact) mass is 187 g/mol. The van der Waals surface area contributed by atoms with Crippen molar-refractivity contribution < 1.29 is 8.42 Å². The van der Waals surface area contributed by atoms with Gasteiger partial charge in [-0.3, -0.25) is 0 Å². The van der Waals surface area contributed by atoms with E-state index < -0.39 is 10.9 Å². The normalized spacial score (nSPS) is 9.00. The minimum Gasteiger partial charge on any atom is -0.231 e. The van der Waals surface area contributed by atoms with Crippen LogP contribution in [0.1, 0.15) is 11.1 Å². The summed E-state index contributed by atoms with van der Waals surface area (Å²) in [4.78, 5) is 0. The minimum atomic E-state index is -2.62. The summed E-state index contributed by atoms with van der Waals surface area (Å²) >= 11 is 0. The Morgan fingerprint density at radius 3 is 1.50 bits per heavy atom. The van der Waals surface area contributed by atoms with E-state index in [0.29, 0.717) is 0 Å². The fraction of sp³-hybridized carbons (Fsp3) is 0.250. The van der Waals surface area contributed by atoms with Gasteiger partial charge in [0, 0.05) is 0 Å². The van der Waals surface area contributed by atoms with Crippen LogP contribution in [0.25, 0.3) is 0 Å². The highest BCUT2D eigenvalue weighted by Crippen LogP contribution is 2.02. The van der Waals surface area contributed by atoms with Crippen molar-refractivity contribution in [1.82, 2.24) is 0 Å². The van der Waals surface area contributed by atoms with E-state index >= 15 is 0 Å². The van der Waals surface area contributed by atoms with E-state index in [1.54, 1.807) is 0 Å². The van der Waals surface area contributed by atoms with E-state index in [1.165, 1.54) is 11.1 Å². The fourth-order valence-corrected chi connectivity index (χ4v) is 0.663. The van der Waals surface area contributed by atoms with E-state index in [1.807, 2.05) is 0 Å². The molecule has 0 heterocycles. The van der Waals surface area contributed by atoms with Gasteiger partial charge in [-0.1, -0.05) is 24.3 Å². The molecule has 0 aromatic heterocycles. The molecule has 0 saturated carbocycles. The number of thiol groups is 1. The quantitative estimate of drug-likeness (QED) is 0.589. The molecule has 0 saturated heterocycles. The third-order valence-corrected chi connectivity index (χ3v) is 1.43. The molecule has 1 aromatic carbocycles. The summed E-state index contributed by atoms with van der Waals surface area (Å²) in [5, 5.41) is 4.06. The molecule has 12 heavy (non-hydrogen) atoms. The molecule has 0 aliphatic carbocycles. The van der Waals surface area contributed by atoms with Gasteiger partial charge in [-0.05, 0) is 25.0 Å². The Hall–Kier alpha value is -0.870. The molecule has 3 nitrogen and oxygen atoms in total. The van der Waals surface area contributed by atoms with E-state index in [4.69, 9.17) is 8.42 Å². The molecule has 0 bridgehead atoms. The zero-order valence-corrected chi connectivity index (χ0v) is 8.04. The number of hydrogen-bond donors (Lipinski definition) is 2. The minimum absolute atomic E-state index is 1.37. The van der Waals surface area contributed by atoms with E-state index in [2.05, 4.69) is 43.3 Å². The zero-order valence-electron chi connectivity index (χ0n) is 7.15. The van der Waals surface area contributed by atoms with Gasteiger partial charge in [-0.25, -0.2) is 13.6 Å². The highest BCUT2D eigenvalue weighted by atomic mass is 32.2. The highest BCUT2D eigenvalue weighted by Gasteiger charge is 1.83. The predicted octanol–water partition coefficient (Wildman–Crippen LogP) is 0.775. The van der Waals surface area contributed by atoms with Gasteiger partial charge in [-0.2, -0.15) is 0 Å². The standard InChI is InChI=1S/C8H10.H3NO2S/c1-7-5-3-4-6-8(7)2;1-4(2)3/h3-6H,1-2H3;4H,(H2,1,2,3). The summed E-state index contributed by atoms with van der Waals surface area (Å²) in [7, 11) is -2.62. The van der Waals surface area contributed by atoms with E-state index in [0.717, 1.165) is 0 Å². The van der Waals surface area contributed by atoms with Crippen LogP contribution in [0, 0.1) is 13.8 Å². The molecule has 0 aliphatic heterocycles. The summed E-state index contributed by atoms with van der Waals surface area (Å²) in [6.07, 6.45) is 0. The first-order valence-corrected chi connectivity index (χ1v) is 4.70. The maximum absolute atomic E-state index is 8.81. The van der Waals surface area contributed by atoms with Gasteiger partial charge in [0.25, 0.3) is 0 Å². The third-order valence-electron chi connectivity index (χ3n) is 1.43. The van der Waals surface area contributed by atoms with Crippen LogP contribution in [0.5, 0.6) is 0 Å². The van der Waals surface area contributed by atoms with Crippen LogP contribution in [0.15, 0.2) is 24.3 Å². The van der Waals surface area contributed by atoms with Crippen LogP contribution in [0.4, 0.5) is 0 Å². The predicted molar refractivity (Wildman–Crippen MR) is 50.4 cm³/mol. The molecule has 0 spiro atoms. The lowest BCUT2D eigenvalue weighted by Gasteiger charge is -1.93. The molecular formula is C8H13NO2S. The van der Waals surface area contributed by atoms with Gasteiger partial charge in [0.1, 0.15) is 0 Å². The molecule has 0 unspecified atom stereocenters. The Morgan fingerprint density at radius 1 is 1.08 bits per heavy atom. The number of hydrogen-bond acceptors (Lipinski definition) is 2. The largest absolute Gasteiger partial charge is 0.231 e. The molecule has 0 radical (unpaired) electrons. The first kappa shape index (κ1) is 11.1. The molecule has 0 aliphatic rings. The zero-order chi connectivity index (χ0) is 9.56. The van der Waals surface area contributed by atoms with Crippen LogP contribution in [0.2, 0.25) is 0 Å². The molecule has 1 rings (SSSR count). The molecule has 68 valence electrons. The third kappa shape index (κ3) is 5.88. The van der Waals surface area contributed by atoms with Gasteiger partial charge in [0.15, 0.2) is 10.9 Å². The van der Waals surface area contributed by atoms with Crippen LogP contribution in [0.3, 0.4) is 0 Å². The van der Waals surface area contributed by atoms with Gasteiger partial charge in [0.05, 0.1) is 0 Å². The first-order chi connectivity index (χ1) is 5.54. The lowest BCUT2D eigenvalue weighted by molar-refractivity contribution is 0.616. The molecule has 0 fully saturated rings. The molecule has 1 aromatic rings. The summed E-state index contributed by atoms with van der Waals surface area (Å²) in [6, 6.07) is 8.36. The average Bonchev–Trinajstić information content (AvgIpc) is 1.94. The van der Waals surface area contributed by atoms with Crippen molar-refractivity contribution in [3.05, 3.63) is 35.4 Å². The van der Waals surface area contributed by atoms with Crippen molar-refractivity contribution in [3.63, 3.8) is 0 Å². The van der Waals surface area contributed by atoms with Crippen molar-refractivity contribution in [1.29, 1.82) is 0 Å². The molecule has 0 amide bonds. The number of benzene rings is 1. The van der Waals surface area contributed by atoms with Crippen LogP contribution in [-0.2, 0) is 10.9 Å². The van der Waals surface area contributed by atoms with Crippen molar-refractivity contribution in [2.75, 3.05) is 0 Å². The van der Waals surface area contributed by atoms with E-state index in [-0.39, 0.29) is 0 Å². The van der Waals surface area contributed by atoms with Crippen LogP contribution in [-0.4, -0.2) is 8.42 Å². The topological polar surface area (TPSA) is 60.2 Å². The van der Waals surface area contributed by atoms with Crippen molar-refractivity contribution >= 4 is 10.9 Å². The summed E-state index contributed by atoms with van der Waals surface area (Å²) in [5.41, 5.74) is 2.74. The second-order valence-electron chi connectivity index (χ2n) is 2.37. The summed E-state index contributed by atoms with van der Waals surface area (Å²) < 4.78 is 17.6. The maximum atomic E-state index is 8.81. The summed E-state index contributed by atoms with van der Waals surface area (Å²) in [5.74, 6) is 0. The fourth-order valence-electron chi connectivity index (χ4n) is 0.663. The van der Waals surface area contributed by atoms with E-state index in [9.17, 15) is 0 Å². The second-order valence-corrected chi connectivity index (χ2v) is 2.94. The Morgan fingerprint density at radius 2 is 1.33 bits per heavy atom. The van der Waals surface area contributed by atoms with Crippen LogP contribution >= 0.6 is 0 Å². The van der Waals surface area contributed by atoms with Crippen molar-refractivity contribution in [2.24, 2.45) is 5.14 Å². The van der Waals surface area contributed by atoms with Gasteiger partial charge < -0.3 is 0 Å².